The zero-order valence-electron chi connectivity index (χ0n) is 14.2. The van der Waals surface area contributed by atoms with Crippen molar-refractivity contribution in [1.82, 2.24) is 9.21 Å². The first kappa shape index (κ1) is 17.4. The standard InChI is InChI=1S/C18H26N2O3S/c1-15-7-5-6-12-20(15)18(21)16-10-13-19(14-11-16)24(22,23)17-8-3-2-4-9-17/h2-4,8-9,15-16H,5-7,10-14H2,1H3. The monoisotopic (exact) mass is 350 g/mol. The zero-order valence-corrected chi connectivity index (χ0v) is 15.0. The first-order valence-electron chi connectivity index (χ1n) is 8.86. The lowest BCUT2D eigenvalue weighted by atomic mass is 9.94. The fourth-order valence-electron chi connectivity index (χ4n) is 3.74. The Morgan fingerprint density at radius 1 is 1.00 bits per heavy atom. The minimum Gasteiger partial charge on any atom is -0.340 e. The maximum Gasteiger partial charge on any atom is 0.243 e. The van der Waals surface area contributed by atoms with Crippen LogP contribution < -0.4 is 0 Å². The Bertz CT molecular complexity index is 667. The van der Waals surface area contributed by atoms with Crippen LogP contribution in [0.3, 0.4) is 0 Å². The van der Waals surface area contributed by atoms with Crippen LogP contribution in [0.5, 0.6) is 0 Å². The average Bonchev–Trinajstić information content (AvgIpc) is 2.62. The molecule has 0 N–H and O–H groups in total. The molecule has 6 heteroatoms. The first-order valence-corrected chi connectivity index (χ1v) is 10.3. The van der Waals surface area contributed by atoms with Gasteiger partial charge in [0.25, 0.3) is 0 Å². The van der Waals surface area contributed by atoms with Crippen molar-refractivity contribution < 1.29 is 13.2 Å². The highest BCUT2D eigenvalue weighted by Gasteiger charge is 2.35. The Kier molecular flexibility index (Phi) is 5.25. The molecule has 2 saturated heterocycles. The predicted octanol–water partition coefficient (Wildman–Crippen LogP) is 2.49. The lowest BCUT2D eigenvalue weighted by molar-refractivity contribution is -0.140. The number of sulfonamides is 1. The highest BCUT2D eigenvalue weighted by Crippen LogP contribution is 2.27. The van der Waals surface area contributed by atoms with Gasteiger partial charge in [0.1, 0.15) is 0 Å². The molecule has 0 radical (unpaired) electrons. The van der Waals surface area contributed by atoms with E-state index in [4.69, 9.17) is 0 Å². The van der Waals surface area contributed by atoms with Crippen LogP contribution in [-0.2, 0) is 14.8 Å². The molecule has 3 rings (SSSR count). The molecule has 2 fully saturated rings. The summed E-state index contributed by atoms with van der Waals surface area (Å²) in [6.45, 7) is 3.82. The summed E-state index contributed by atoms with van der Waals surface area (Å²) in [5, 5.41) is 0. The number of hydrogen-bond donors (Lipinski definition) is 0. The molecule has 1 aromatic rings. The van der Waals surface area contributed by atoms with Crippen LogP contribution in [-0.4, -0.2) is 49.2 Å². The van der Waals surface area contributed by atoms with Gasteiger partial charge in [0.2, 0.25) is 15.9 Å². The number of hydrogen-bond acceptors (Lipinski definition) is 3. The molecule has 2 aliphatic heterocycles. The SMILES string of the molecule is CC1CCCCN1C(=O)C1CCN(S(=O)(=O)c2ccccc2)CC1. The van der Waals surface area contributed by atoms with E-state index >= 15 is 0 Å². The molecular formula is C18H26N2O3S. The molecule has 1 amide bonds. The maximum absolute atomic E-state index is 12.7. The van der Waals surface area contributed by atoms with Gasteiger partial charge in [0, 0.05) is 31.6 Å². The predicted molar refractivity (Wildman–Crippen MR) is 93.0 cm³/mol. The van der Waals surface area contributed by atoms with Crippen molar-refractivity contribution >= 4 is 15.9 Å². The second kappa shape index (κ2) is 7.23. The number of carbonyl (C=O) groups excluding carboxylic acids is 1. The molecule has 0 spiro atoms. The van der Waals surface area contributed by atoms with Gasteiger partial charge in [-0.2, -0.15) is 4.31 Å². The third-order valence-corrected chi connectivity index (χ3v) is 7.18. The van der Waals surface area contributed by atoms with E-state index < -0.39 is 10.0 Å². The summed E-state index contributed by atoms with van der Waals surface area (Å²) >= 11 is 0. The van der Waals surface area contributed by atoms with Crippen molar-refractivity contribution in [2.24, 2.45) is 5.92 Å². The lowest BCUT2D eigenvalue weighted by Gasteiger charge is -2.38. The molecule has 0 saturated carbocycles. The molecule has 1 aromatic carbocycles. The van der Waals surface area contributed by atoms with Gasteiger partial charge >= 0.3 is 0 Å². The summed E-state index contributed by atoms with van der Waals surface area (Å²) in [4.78, 5) is 15.1. The van der Waals surface area contributed by atoms with Crippen molar-refractivity contribution in [3.8, 4) is 0 Å². The molecule has 2 aliphatic rings. The number of piperidine rings is 2. The number of amides is 1. The summed E-state index contributed by atoms with van der Waals surface area (Å²) in [5.41, 5.74) is 0. The molecule has 1 atom stereocenters. The minimum atomic E-state index is -3.44. The molecule has 2 heterocycles. The summed E-state index contributed by atoms with van der Waals surface area (Å²) in [7, 11) is -3.44. The van der Waals surface area contributed by atoms with Crippen LogP contribution in [0.2, 0.25) is 0 Å². The van der Waals surface area contributed by atoms with Gasteiger partial charge in [-0.15, -0.1) is 0 Å². The topological polar surface area (TPSA) is 57.7 Å². The summed E-state index contributed by atoms with van der Waals surface area (Å²) in [6.07, 6.45) is 4.59. The van der Waals surface area contributed by atoms with Crippen molar-refractivity contribution in [3.05, 3.63) is 30.3 Å². The second-order valence-electron chi connectivity index (χ2n) is 6.87. The van der Waals surface area contributed by atoms with Crippen molar-refractivity contribution in [2.45, 2.75) is 50.0 Å². The first-order chi connectivity index (χ1) is 11.5. The molecule has 0 aliphatic carbocycles. The molecule has 24 heavy (non-hydrogen) atoms. The molecule has 0 aromatic heterocycles. The van der Waals surface area contributed by atoms with Gasteiger partial charge in [-0.05, 0) is 51.2 Å². The van der Waals surface area contributed by atoms with Crippen molar-refractivity contribution in [1.29, 1.82) is 0 Å². The van der Waals surface area contributed by atoms with E-state index in [1.165, 1.54) is 10.7 Å². The molecule has 1 unspecified atom stereocenters. The van der Waals surface area contributed by atoms with Gasteiger partial charge in [0.15, 0.2) is 0 Å². The van der Waals surface area contributed by atoms with Gasteiger partial charge in [-0.3, -0.25) is 4.79 Å². The Balaban J connectivity index is 1.62. The van der Waals surface area contributed by atoms with Gasteiger partial charge in [-0.25, -0.2) is 8.42 Å². The number of likely N-dealkylation sites (tertiary alicyclic amines) is 1. The molecule has 5 nitrogen and oxygen atoms in total. The van der Waals surface area contributed by atoms with Crippen LogP contribution in [0.15, 0.2) is 35.2 Å². The molecule has 132 valence electrons. The Morgan fingerprint density at radius 2 is 1.67 bits per heavy atom. The van der Waals surface area contributed by atoms with E-state index in [1.54, 1.807) is 24.3 Å². The lowest BCUT2D eigenvalue weighted by Crippen LogP contribution is -2.48. The summed E-state index contributed by atoms with van der Waals surface area (Å²) < 4.78 is 26.8. The van der Waals surface area contributed by atoms with E-state index in [9.17, 15) is 13.2 Å². The largest absolute Gasteiger partial charge is 0.340 e. The zero-order chi connectivity index (χ0) is 17.2. The van der Waals surface area contributed by atoms with Gasteiger partial charge < -0.3 is 4.90 Å². The number of carbonyl (C=O) groups is 1. The third-order valence-electron chi connectivity index (χ3n) is 5.27. The quantitative estimate of drug-likeness (QED) is 0.841. The highest BCUT2D eigenvalue weighted by molar-refractivity contribution is 7.89. The van der Waals surface area contributed by atoms with Crippen LogP contribution in [0, 0.1) is 5.92 Å². The van der Waals surface area contributed by atoms with E-state index in [-0.39, 0.29) is 11.8 Å². The Labute approximate surface area is 144 Å². The maximum atomic E-state index is 12.7. The van der Waals surface area contributed by atoms with E-state index in [0.29, 0.717) is 36.9 Å². The van der Waals surface area contributed by atoms with Crippen molar-refractivity contribution in [2.75, 3.05) is 19.6 Å². The van der Waals surface area contributed by atoms with Crippen LogP contribution in [0.1, 0.15) is 39.0 Å². The van der Waals surface area contributed by atoms with E-state index in [1.807, 2.05) is 11.0 Å². The fraction of sp³-hybridized carbons (Fsp3) is 0.611. The van der Waals surface area contributed by atoms with Gasteiger partial charge in [-0.1, -0.05) is 18.2 Å². The smallest absolute Gasteiger partial charge is 0.243 e. The minimum absolute atomic E-state index is 0.0345. The Hall–Kier alpha value is -1.40. The van der Waals surface area contributed by atoms with Crippen LogP contribution in [0.25, 0.3) is 0 Å². The van der Waals surface area contributed by atoms with E-state index in [2.05, 4.69) is 6.92 Å². The average molecular weight is 350 g/mol. The highest BCUT2D eigenvalue weighted by atomic mass is 32.2. The fourth-order valence-corrected chi connectivity index (χ4v) is 5.24. The Morgan fingerprint density at radius 3 is 2.29 bits per heavy atom. The molecule has 0 bridgehead atoms. The number of rotatable bonds is 3. The third kappa shape index (κ3) is 3.49. The number of benzene rings is 1. The van der Waals surface area contributed by atoms with E-state index in [0.717, 1.165) is 19.4 Å². The summed E-state index contributed by atoms with van der Waals surface area (Å²) in [5.74, 6) is 0.187. The normalized spacial score (nSPS) is 24.0. The second-order valence-corrected chi connectivity index (χ2v) is 8.81. The van der Waals surface area contributed by atoms with Crippen LogP contribution >= 0.6 is 0 Å². The summed E-state index contributed by atoms with van der Waals surface area (Å²) in [6, 6.07) is 8.85. The van der Waals surface area contributed by atoms with Gasteiger partial charge in [0.05, 0.1) is 4.90 Å². The number of nitrogens with zero attached hydrogens (tertiary/aromatic N) is 2. The van der Waals surface area contributed by atoms with Crippen LogP contribution in [0.4, 0.5) is 0 Å². The molecular weight excluding hydrogens is 324 g/mol. The van der Waals surface area contributed by atoms with Crippen molar-refractivity contribution in [3.63, 3.8) is 0 Å².